The second kappa shape index (κ2) is 5.73. The Bertz CT molecular complexity index is 839. The molecule has 0 bridgehead atoms. The fraction of sp³-hybridized carbons (Fsp3) is 0.0714. The van der Waals surface area contributed by atoms with Crippen LogP contribution in [-0.4, -0.2) is 19.2 Å². The summed E-state index contributed by atoms with van der Waals surface area (Å²) in [6.45, 7) is 1.32. The van der Waals surface area contributed by atoms with Crippen LogP contribution in [0.15, 0.2) is 47.6 Å². The summed E-state index contributed by atoms with van der Waals surface area (Å²) < 4.78 is 26.9. The second-order valence-electron chi connectivity index (χ2n) is 4.22. The average molecular weight is 301 g/mol. The normalized spacial score (nSPS) is 10.7. The summed E-state index contributed by atoms with van der Waals surface area (Å²) in [5, 5.41) is 8.82. The Balaban J connectivity index is 2.43. The van der Waals surface area contributed by atoms with Crippen molar-refractivity contribution in [1.82, 2.24) is 4.98 Å². The number of nitrogens with zero attached hydrogens (tertiary/aromatic N) is 2. The lowest BCUT2D eigenvalue weighted by atomic mass is 10.2. The molecule has 0 saturated carbocycles. The van der Waals surface area contributed by atoms with Gasteiger partial charge in [0.15, 0.2) is 5.78 Å². The number of rotatable bonds is 4. The van der Waals surface area contributed by atoms with Gasteiger partial charge in [-0.15, -0.1) is 0 Å². The van der Waals surface area contributed by atoms with Gasteiger partial charge in [0.1, 0.15) is 0 Å². The largest absolute Gasteiger partial charge is 0.294 e. The van der Waals surface area contributed by atoms with Crippen molar-refractivity contribution in [3.63, 3.8) is 0 Å². The first-order valence-corrected chi connectivity index (χ1v) is 7.40. The number of carbonyl (C=O) groups is 1. The highest BCUT2D eigenvalue weighted by Crippen LogP contribution is 2.20. The molecule has 2 aromatic rings. The Morgan fingerprint density at radius 1 is 1.33 bits per heavy atom. The molecule has 0 atom stereocenters. The van der Waals surface area contributed by atoms with E-state index in [9.17, 15) is 13.2 Å². The Labute approximate surface area is 122 Å². The zero-order valence-electron chi connectivity index (χ0n) is 11.1. The van der Waals surface area contributed by atoms with Crippen molar-refractivity contribution in [2.75, 3.05) is 4.72 Å². The number of nitriles is 1. The third-order valence-electron chi connectivity index (χ3n) is 2.72. The number of pyridine rings is 1. The van der Waals surface area contributed by atoms with E-state index < -0.39 is 10.0 Å². The maximum atomic E-state index is 12.3. The predicted octanol–water partition coefficient (Wildman–Crippen LogP) is 1.96. The molecule has 1 aromatic carbocycles. The van der Waals surface area contributed by atoms with Crippen LogP contribution in [0.1, 0.15) is 22.8 Å². The van der Waals surface area contributed by atoms with E-state index in [-0.39, 0.29) is 27.5 Å². The molecule has 6 nitrogen and oxygen atoms in total. The predicted molar refractivity (Wildman–Crippen MR) is 76.2 cm³/mol. The van der Waals surface area contributed by atoms with Crippen molar-refractivity contribution in [3.8, 4) is 6.07 Å². The molecule has 1 heterocycles. The van der Waals surface area contributed by atoms with Crippen molar-refractivity contribution in [2.45, 2.75) is 11.8 Å². The summed E-state index contributed by atoms with van der Waals surface area (Å²) in [6.07, 6.45) is 2.68. The van der Waals surface area contributed by atoms with E-state index >= 15 is 0 Å². The van der Waals surface area contributed by atoms with Crippen LogP contribution in [0.4, 0.5) is 5.69 Å². The van der Waals surface area contributed by atoms with Crippen molar-refractivity contribution >= 4 is 21.5 Å². The van der Waals surface area contributed by atoms with E-state index in [0.717, 1.165) is 0 Å². The lowest BCUT2D eigenvalue weighted by Crippen LogP contribution is -2.15. The number of sulfonamides is 1. The van der Waals surface area contributed by atoms with Gasteiger partial charge >= 0.3 is 0 Å². The number of ketones is 1. The van der Waals surface area contributed by atoms with Gasteiger partial charge in [-0.3, -0.25) is 14.5 Å². The highest BCUT2D eigenvalue weighted by atomic mass is 32.2. The van der Waals surface area contributed by atoms with Crippen LogP contribution in [0.5, 0.6) is 0 Å². The van der Waals surface area contributed by atoms with E-state index in [1.807, 2.05) is 6.07 Å². The minimum atomic E-state index is -3.88. The number of aromatic nitrogens is 1. The summed E-state index contributed by atoms with van der Waals surface area (Å²) in [7, 11) is -3.88. The lowest BCUT2D eigenvalue weighted by molar-refractivity contribution is 0.101. The maximum absolute atomic E-state index is 12.3. The van der Waals surface area contributed by atoms with Gasteiger partial charge in [0.05, 0.1) is 27.8 Å². The molecule has 0 aliphatic heterocycles. The number of carbonyl (C=O) groups excluding carboxylic acids is 1. The molecule has 2 rings (SSSR count). The van der Waals surface area contributed by atoms with Gasteiger partial charge in [0.2, 0.25) is 0 Å². The third-order valence-corrected chi connectivity index (χ3v) is 4.08. The van der Waals surface area contributed by atoms with Gasteiger partial charge in [0.25, 0.3) is 10.0 Å². The molecule has 106 valence electrons. The summed E-state index contributed by atoms with van der Waals surface area (Å²) >= 11 is 0. The van der Waals surface area contributed by atoms with Crippen molar-refractivity contribution in [3.05, 3.63) is 53.9 Å². The highest BCUT2D eigenvalue weighted by Gasteiger charge is 2.17. The Hall–Kier alpha value is -2.72. The summed E-state index contributed by atoms with van der Waals surface area (Å²) in [5.74, 6) is -0.299. The van der Waals surface area contributed by atoms with Crippen molar-refractivity contribution in [1.29, 1.82) is 5.26 Å². The molecule has 0 amide bonds. The highest BCUT2D eigenvalue weighted by molar-refractivity contribution is 7.92. The topological polar surface area (TPSA) is 99.9 Å². The van der Waals surface area contributed by atoms with E-state index in [2.05, 4.69) is 9.71 Å². The number of benzene rings is 1. The Morgan fingerprint density at radius 3 is 2.76 bits per heavy atom. The van der Waals surface area contributed by atoms with Crippen LogP contribution in [0.2, 0.25) is 0 Å². The van der Waals surface area contributed by atoms with Crippen LogP contribution < -0.4 is 4.72 Å². The molecule has 0 aliphatic rings. The molecule has 1 aromatic heterocycles. The van der Waals surface area contributed by atoms with E-state index in [1.165, 1.54) is 49.6 Å². The zero-order valence-corrected chi connectivity index (χ0v) is 11.9. The minimum absolute atomic E-state index is 0.0483. The monoisotopic (exact) mass is 301 g/mol. The molecule has 0 saturated heterocycles. The Morgan fingerprint density at radius 2 is 2.10 bits per heavy atom. The third kappa shape index (κ3) is 3.24. The molecule has 0 aliphatic carbocycles. The SMILES string of the molecule is CC(=O)c1cnccc1NS(=O)(=O)c1cccc(C#N)c1. The van der Waals surface area contributed by atoms with Gasteiger partial charge < -0.3 is 0 Å². The molecular weight excluding hydrogens is 290 g/mol. The molecule has 0 unspecified atom stereocenters. The smallest absolute Gasteiger partial charge is 0.261 e. The molecule has 0 radical (unpaired) electrons. The van der Waals surface area contributed by atoms with Gasteiger partial charge in [-0.05, 0) is 31.2 Å². The molecule has 21 heavy (non-hydrogen) atoms. The Kier molecular flexibility index (Phi) is 4.00. The second-order valence-corrected chi connectivity index (χ2v) is 5.90. The number of Topliss-reactive ketones (excluding diaryl/α,β-unsaturated/α-hetero) is 1. The standard InChI is InChI=1S/C14H11N3O3S/c1-10(18)13-9-16-6-5-14(13)17-21(19,20)12-4-2-3-11(7-12)8-15/h2-7,9H,1H3,(H,16,17). The molecule has 7 heteroatoms. The fourth-order valence-corrected chi connectivity index (χ4v) is 2.83. The quantitative estimate of drug-likeness (QED) is 0.870. The first-order chi connectivity index (χ1) is 9.94. The average Bonchev–Trinajstić information content (AvgIpc) is 2.47. The van der Waals surface area contributed by atoms with Crippen molar-refractivity contribution in [2.24, 2.45) is 0 Å². The van der Waals surface area contributed by atoms with E-state index in [0.29, 0.717) is 0 Å². The van der Waals surface area contributed by atoms with Gasteiger partial charge in [-0.2, -0.15) is 5.26 Å². The van der Waals surface area contributed by atoms with Gasteiger partial charge in [-0.1, -0.05) is 6.07 Å². The molecular formula is C14H11N3O3S. The summed E-state index contributed by atoms with van der Waals surface area (Å²) in [4.78, 5) is 15.2. The minimum Gasteiger partial charge on any atom is -0.294 e. The molecule has 0 spiro atoms. The van der Waals surface area contributed by atoms with Crippen LogP contribution in [0, 0.1) is 11.3 Å². The fourth-order valence-electron chi connectivity index (χ4n) is 1.70. The van der Waals surface area contributed by atoms with E-state index in [4.69, 9.17) is 5.26 Å². The summed E-state index contributed by atoms with van der Waals surface area (Å²) in [6, 6.07) is 8.90. The first kappa shape index (κ1) is 14.7. The van der Waals surface area contributed by atoms with Crippen molar-refractivity contribution < 1.29 is 13.2 Å². The summed E-state index contributed by atoms with van der Waals surface area (Å²) in [5.41, 5.74) is 0.566. The van der Waals surface area contributed by atoms with Crippen LogP contribution >= 0.6 is 0 Å². The van der Waals surface area contributed by atoms with Gasteiger partial charge in [0, 0.05) is 12.4 Å². The molecule has 0 fully saturated rings. The van der Waals surface area contributed by atoms with E-state index in [1.54, 1.807) is 0 Å². The number of anilines is 1. The number of nitrogens with one attached hydrogen (secondary N) is 1. The number of hydrogen-bond donors (Lipinski definition) is 1. The molecule has 1 N–H and O–H groups in total. The first-order valence-electron chi connectivity index (χ1n) is 5.92. The number of hydrogen-bond acceptors (Lipinski definition) is 5. The zero-order chi connectivity index (χ0) is 15.5. The van der Waals surface area contributed by atoms with Crippen LogP contribution in [-0.2, 0) is 10.0 Å². The lowest BCUT2D eigenvalue weighted by Gasteiger charge is -2.10. The maximum Gasteiger partial charge on any atom is 0.261 e. The van der Waals surface area contributed by atoms with Crippen LogP contribution in [0.3, 0.4) is 0 Å². The van der Waals surface area contributed by atoms with Crippen LogP contribution in [0.25, 0.3) is 0 Å². The van der Waals surface area contributed by atoms with Gasteiger partial charge in [-0.25, -0.2) is 8.42 Å².